The minimum absolute atomic E-state index is 0.701. The molecule has 0 aromatic carbocycles. The molecule has 2 N–H and O–H groups in total. The third kappa shape index (κ3) is 15.4. The Morgan fingerprint density at radius 1 is 0.765 bits per heavy atom. The molecule has 0 atom stereocenters. The molecule has 0 saturated heterocycles. The van der Waals surface area contributed by atoms with Crippen LogP contribution >= 0.6 is 0 Å². The number of carboxylic acid groups (broad SMARTS) is 1. The highest BCUT2D eigenvalue weighted by Gasteiger charge is 1.97. The van der Waals surface area contributed by atoms with Crippen molar-refractivity contribution in [2.75, 3.05) is 0 Å². The molecular weight excluding hydrogens is 216 g/mol. The molecule has 0 saturated carbocycles. The van der Waals surface area contributed by atoms with Crippen LogP contribution in [0.2, 0.25) is 0 Å². The van der Waals surface area contributed by atoms with Crippen molar-refractivity contribution < 1.29 is 15.0 Å². The van der Waals surface area contributed by atoms with E-state index in [1.54, 1.807) is 0 Å². The average Bonchev–Trinajstić information content (AvgIpc) is 2.30. The number of aliphatic hydroxyl groups excluding tert-OH is 1. The molecule has 0 heterocycles. The highest BCUT2D eigenvalue weighted by atomic mass is 16.4. The first-order chi connectivity index (χ1) is 8.27. The van der Waals surface area contributed by atoms with E-state index in [4.69, 9.17) is 10.2 Å². The summed E-state index contributed by atoms with van der Waals surface area (Å²) in [4.78, 5) is 10.2. The number of aliphatic hydroxyl groups is 1. The lowest BCUT2D eigenvalue weighted by Crippen LogP contribution is -1.94. The van der Waals surface area contributed by atoms with Gasteiger partial charge in [0.2, 0.25) is 0 Å². The van der Waals surface area contributed by atoms with E-state index in [2.05, 4.69) is 0 Å². The van der Waals surface area contributed by atoms with Gasteiger partial charge in [0.25, 0.3) is 0 Å². The topological polar surface area (TPSA) is 57.5 Å². The fourth-order valence-electron chi connectivity index (χ4n) is 1.84. The fraction of sp³-hybridized carbons (Fsp3) is 0.786. The van der Waals surface area contributed by atoms with Crippen molar-refractivity contribution in [3.63, 3.8) is 0 Å². The van der Waals surface area contributed by atoms with Gasteiger partial charge in [0.15, 0.2) is 0 Å². The van der Waals surface area contributed by atoms with Crippen molar-refractivity contribution in [2.45, 2.75) is 70.6 Å². The molecule has 0 fully saturated rings. The second-order valence-electron chi connectivity index (χ2n) is 4.48. The van der Waals surface area contributed by atoms with Crippen LogP contribution < -0.4 is 0 Å². The second-order valence-corrected chi connectivity index (χ2v) is 4.48. The number of hydrogen-bond donors (Lipinski definition) is 2. The Morgan fingerprint density at radius 2 is 1.18 bits per heavy atom. The smallest absolute Gasteiger partial charge is 0.307 e. The van der Waals surface area contributed by atoms with Gasteiger partial charge >= 0.3 is 5.97 Å². The standard InChI is InChI=1S/C14H26O3/c15-13-11-9-7-5-3-1-2-4-6-8-10-12-14(16)17/h12-13,15H,1-11H2,(H,16,17). The van der Waals surface area contributed by atoms with Gasteiger partial charge in [-0.25, -0.2) is 0 Å². The molecule has 0 aliphatic carbocycles. The van der Waals surface area contributed by atoms with Gasteiger partial charge in [-0.05, 0) is 12.8 Å². The van der Waals surface area contributed by atoms with Gasteiger partial charge in [-0.2, -0.15) is 0 Å². The summed E-state index contributed by atoms with van der Waals surface area (Å²) >= 11 is 0. The van der Waals surface area contributed by atoms with E-state index in [1.807, 2.05) is 0 Å². The van der Waals surface area contributed by atoms with Crippen molar-refractivity contribution in [1.82, 2.24) is 0 Å². The summed E-state index contributed by atoms with van der Waals surface area (Å²) in [5.41, 5.74) is 0. The molecule has 0 aromatic heterocycles. The van der Waals surface area contributed by atoms with Gasteiger partial charge in [0, 0.05) is 0 Å². The van der Waals surface area contributed by atoms with Crippen LogP contribution in [-0.2, 0) is 4.79 Å². The monoisotopic (exact) mass is 242 g/mol. The first-order valence-electron chi connectivity index (χ1n) is 6.79. The minimum Gasteiger partial charge on any atom is -0.481 e. The van der Waals surface area contributed by atoms with Gasteiger partial charge in [-0.1, -0.05) is 57.8 Å². The number of rotatable bonds is 13. The molecule has 0 unspecified atom stereocenters. The molecule has 0 bridgehead atoms. The Balaban J connectivity index is 2.91. The number of carboxylic acids is 1. The summed E-state index contributed by atoms with van der Waals surface area (Å²) in [6, 6.07) is 0. The lowest BCUT2D eigenvalue weighted by Gasteiger charge is -2.01. The zero-order chi connectivity index (χ0) is 12.8. The van der Waals surface area contributed by atoms with Gasteiger partial charge < -0.3 is 10.2 Å². The van der Waals surface area contributed by atoms with Gasteiger partial charge in [0.05, 0.1) is 13.0 Å². The number of hydrogen-bond acceptors (Lipinski definition) is 2. The molecule has 3 heteroatoms. The van der Waals surface area contributed by atoms with Crippen molar-refractivity contribution in [3.8, 4) is 0 Å². The molecule has 3 nitrogen and oxygen atoms in total. The van der Waals surface area contributed by atoms with E-state index in [0.717, 1.165) is 25.7 Å². The quantitative estimate of drug-likeness (QED) is 0.478. The molecule has 17 heavy (non-hydrogen) atoms. The van der Waals surface area contributed by atoms with Crippen LogP contribution in [-0.4, -0.2) is 16.2 Å². The van der Waals surface area contributed by atoms with Crippen LogP contribution in [0.5, 0.6) is 0 Å². The summed E-state index contributed by atoms with van der Waals surface area (Å²) in [5, 5.41) is 16.9. The second kappa shape index (κ2) is 13.5. The van der Waals surface area contributed by atoms with Crippen LogP contribution in [0.1, 0.15) is 70.6 Å². The highest BCUT2D eigenvalue weighted by molar-refractivity contribution is 5.76. The van der Waals surface area contributed by atoms with Crippen LogP contribution in [0.15, 0.2) is 0 Å². The first-order valence-corrected chi connectivity index (χ1v) is 6.79. The van der Waals surface area contributed by atoms with Gasteiger partial charge in [0.1, 0.15) is 0 Å². The van der Waals surface area contributed by atoms with Gasteiger partial charge in [-0.15, -0.1) is 0 Å². The molecule has 0 aromatic rings. The maximum Gasteiger partial charge on any atom is 0.307 e. The van der Waals surface area contributed by atoms with Crippen LogP contribution in [0.3, 0.4) is 0 Å². The zero-order valence-electron chi connectivity index (χ0n) is 10.7. The predicted octanol–water partition coefficient (Wildman–Crippen LogP) is 4.10. The summed E-state index contributed by atoms with van der Waals surface area (Å²) in [6.07, 6.45) is 13.6. The first kappa shape index (κ1) is 16.4. The third-order valence-corrected chi connectivity index (χ3v) is 2.86. The summed E-state index contributed by atoms with van der Waals surface area (Å²) in [7, 11) is 0. The zero-order valence-corrected chi connectivity index (χ0v) is 10.7. The highest BCUT2D eigenvalue weighted by Crippen LogP contribution is 2.11. The summed E-state index contributed by atoms with van der Waals surface area (Å²) < 4.78 is 0. The molecule has 2 radical (unpaired) electrons. The van der Waals surface area contributed by atoms with Crippen LogP contribution in [0, 0.1) is 13.0 Å². The van der Waals surface area contributed by atoms with Crippen molar-refractivity contribution in [3.05, 3.63) is 13.0 Å². The lowest BCUT2D eigenvalue weighted by molar-refractivity contribution is -0.133. The van der Waals surface area contributed by atoms with Gasteiger partial charge in [-0.3, -0.25) is 4.79 Å². The Bertz CT molecular complexity index is 169. The maximum absolute atomic E-state index is 10.2. The number of carbonyl (C=O) groups is 1. The summed E-state index contributed by atoms with van der Waals surface area (Å²) in [6.45, 7) is 1.24. The average molecular weight is 242 g/mol. The Morgan fingerprint density at radius 3 is 1.59 bits per heavy atom. The Kier molecular flexibility index (Phi) is 13.0. The predicted molar refractivity (Wildman–Crippen MR) is 69.0 cm³/mol. The Labute approximate surface area is 105 Å². The van der Waals surface area contributed by atoms with E-state index >= 15 is 0 Å². The molecule has 100 valence electrons. The van der Waals surface area contributed by atoms with E-state index < -0.39 is 5.97 Å². The molecule has 0 amide bonds. The number of aliphatic carboxylic acids is 1. The van der Waals surface area contributed by atoms with E-state index in [9.17, 15) is 4.79 Å². The van der Waals surface area contributed by atoms with Crippen molar-refractivity contribution in [1.29, 1.82) is 0 Å². The van der Waals surface area contributed by atoms with E-state index in [1.165, 1.54) is 51.6 Å². The van der Waals surface area contributed by atoms with Crippen molar-refractivity contribution >= 4 is 5.97 Å². The molecular formula is C14H26O3. The largest absolute Gasteiger partial charge is 0.481 e. The SMILES string of the molecule is O=C(O)[CH]CCCCCCCCCCC[CH]O. The normalized spacial score (nSPS) is 10.6. The number of unbranched alkanes of at least 4 members (excludes halogenated alkanes) is 10. The minimum atomic E-state index is -0.801. The molecule has 0 aliphatic heterocycles. The molecule has 0 rings (SSSR count). The van der Waals surface area contributed by atoms with Crippen LogP contribution in [0.4, 0.5) is 0 Å². The molecule has 0 aliphatic rings. The van der Waals surface area contributed by atoms with Crippen LogP contribution in [0.25, 0.3) is 0 Å². The van der Waals surface area contributed by atoms with E-state index in [-0.39, 0.29) is 0 Å². The third-order valence-electron chi connectivity index (χ3n) is 2.86. The van der Waals surface area contributed by atoms with Crippen molar-refractivity contribution in [2.24, 2.45) is 0 Å². The fourth-order valence-corrected chi connectivity index (χ4v) is 1.84. The van der Waals surface area contributed by atoms with E-state index in [0.29, 0.717) is 6.42 Å². The maximum atomic E-state index is 10.2. The summed E-state index contributed by atoms with van der Waals surface area (Å²) in [5.74, 6) is -0.801. The lowest BCUT2D eigenvalue weighted by atomic mass is 10.1. The Hall–Kier alpha value is -0.570. The molecule has 0 spiro atoms.